The first-order valence-electron chi connectivity index (χ1n) is 6.73. The van der Waals surface area contributed by atoms with Crippen LogP contribution in [-0.2, 0) is 11.2 Å². The molecular weight excluding hydrogens is 256 g/mol. The molecule has 4 heteroatoms. The number of carbonyl (C=O) groups excluding carboxylic acids is 1. The molecule has 0 aliphatic heterocycles. The molecule has 3 nitrogen and oxygen atoms in total. The topological polar surface area (TPSA) is 52.9 Å². The first kappa shape index (κ1) is 13.8. The summed E-state index contributed by atoms with van der Waals surface area (Å²) in [6.07, 6.45) is 8.06. The molecule has 1 aromatic rings. The standard InChI is InChI=1S/C15H18N2OS/c1-2-13-9-12(10-16)15(19-13)17-14(18)8-11-6-4-3-5-7-11/h6,9H,2-5,7-8H2,1H3,(H,17,18). The minimum atomic E-state index is -0.00541. The fourth-order valence-corrected chi connectivity index (χ4v) is 3.20. The van der Waals surface area contributed by atoms with Gasteiger partial charge in [-0.25, -0.2) is 0 Å². The van der Waals surface area contributed by atoms with E-state index < -0.39 is 0 Å². The van der Waals surface area contributed by atoms with Crippen LogP contribution in [0.5, 0.6) is 0 Å². The monoisotopic (exact) mass is 274 g/mol. The molecule has 0 unspecified atom stereocenters. The van der Waals surface area contributed by atoms with E-state index in [9.17, 15) is 4.79 Å². The minimum Gasteiger partial charge on any atom is -0.316 e. The van der Waals surface area contributed by atoms with Gasteiger partial charge in [-0.05, 0) is 38.2 Å². The third-order valence-corrected chi connectivity index (χ3v) is 4.47. The van der Waals surface area contributed by atoms with E-state index in [1.165, 1.54) is 29.8 Å². The van der Waals surface area contributed by atoms with Crippen LogP contribution in [0.2, 0.25) is 0 Å². The number of hydrogen-bond donors (Lipinski definition) is 1. The SMILES string of the molecule is CCc1cc(C#N)c(NC(=O)CC2=CCCCC2)s1. The van der Waals surface area contributed by atoms with Gasteiger partial charge in [-0.3, -0.25) is 4.79 Å². The molecule has 0 aromatic carbocycles. The van der Waals surface area contributed by atoms with Crippen LogP contribution in [0.25, 0.3) is 0 Å². The molecule has 19 heavy (non-hydrogen) atoms. The van der Waals surface area contributed by atoms with Crippen LogP contribution < -0.4 is 5.32 Å². The van der Waals surface area contributed by atoms with Gasteiger partial charge in [0.25, 0.3) is 0 Å². The molecule has 1 amide bonds. The van der Waals surface area contributed by atoms with Crippen molar-refractivity contribution in [1.29, 1.82) is 5.26 Å². The lowest BCUT2D eigenvalue weighted by Gasteiger charge is -2.12. The molecule has 1 aliphatic carbocycles. The zero-order valence-electron chi connectivity index (χ0n) is 11.2. The molecule has 0 fully saturated rings. The second-order valence-corrected chi connectivity index (χ2v) is 5.89. The summed E-state index contributed by atoms with van der Waals surface area (Å²) in [5.74, 6) is -0.00541. The molecule has 0 radical (unpaired) electrons. The molecule has 0 spiro atoms. The average molecular weight is 274 g/mol. The van der Waals surface area contributed by atoms with Gasteiger partial charge in [0.1, 0.15) is 11.1 Å². The fourth-order valence-electron chi connectivity index (χ4n) is 2.23. The van der Waals surface area contributed by atoms with E-state index in [1.54, 1.807) is 0 Å². The lowest BCUT2D eigenvalue weighted by Crippen LogP contribution is -2.12. The van der Waals surface area contributed by atoms with Crippen molar-refractivity contribution in [3.63, 3.8) is 0 Å². The maximum atomic E-state index is 12.0. The Morgan fingerprint density at radius 3 is 3.00 bits per heavy atom. The second-order valence-electron chi connectivity index (χ2n) is 4.75. The van der Waals surface area contributed by atoms with Crippen LogP contribution in [0.1, 0.15) is 49.5 Å². The Morgan fingerprint density at radius 2 is 2.37 bits per heavy atom. The Hall–Kier alpha value is -1.60. The van der Waals surface area contributed by atoms with Crippen molar-refractivity contribution in [3.05, 3.63) is 28.2 Å². The molecule has 1 heterocycles. The van der Waals surface area contributed by atoms with Gasteiger partial charge in [0.05, 0.1) is 5.56 Å². The molecule has 0 saturated carbocycles. The molecule has 100 valence electrons. The summed E-state index contributed by atoms with van der Waals surface area (Å²) < 4.78 is 0. The number of nitrogens with zero attached hydrogens (tertiary/aromatic N) is 1. The van der Waals surface area contributed by atoms with Crippen molar-refractivity contribution in [3.8, 4) is 6.07 Å². The number of aryl methyl sites for hydroxylation is 1. The summed E-state index contributed by atoms with van der Waals surface area (Å²) in [6.45, 7) is 2.05. The fraction of sp³-hybridized carbons (Fsp3) is 0.467. The van der Waals surface area contributed by atoms with Gasteiger partial charge in [-0.15, -0.1) is 11.3 Å². The predicted molar refractivity (Wildman–Crippen MR) is 78.2 cm³/mol. The summed E-state index contributed by atoms with van der Waals surface area (Å²) in [7, 11) is 0. The van der Waals surface area contributed by atoms with Crippen molar-refractivity contribution in [2.45, 2.75) is 45.4 Å². The van der Waals surface area contributed by atoms with Gasteiger partial charge in [-0.1, -0.05) is 18.6 Å². The van der Waals surface area contributed by atoms with Gasteiger partial charge >= 0.3 is 0 Å². The number of hydrogen-bond acceptors (Lipinski definition) is 3. The van der Waals surface area contributed by atoms with E-state index in [4.69, 9.17) is 5.26 Å². The molecule has 1 aliphatic rings. The van der Waals surface area contributed by atoms with E-state index in [2.05, 4.69) is 17.5 Å². The number of carbonyl (C=O) groups is 1. The largest absolute Gasteiger partial charge is 0.316 e. The Morgan fingerprint density at radius 1 is 1.53 bits per heavy atom. The highest BCUT2D eigenvalue weighted by molar-refractivity contribution is 7.16. The lowest BCUT2D eigenvalue weighted by molar-refractivity contribution is -0.115. The molecule has 0 atom stereocenters. The van der Waals surface area contributed by atoms with Gasteiger partial charge in [0.15, 0.2) is 0 Å². The van der Waals surface area contributed by atoms with E-state index in [0.29, 0.717) is 17.0 Å². The van der Waals surface area contributed by atoms with Crippen LogP contribution in [-0.4, -0.2) is 5.91 Å². The summed E-state index contributed by atoms with van der Waals surface area (Å²) in [5.41, 5.74) is 1.81. The normalized spacial score (nSPS) is 14.6. The quantitative estimate of drug-likeness (QED) is 0.843. The van der Waals surface area contributed by atoms with Crippen molar-refractivity contribution in [2.75, 3.05) is 5.32 Å². The first-order valence-corrected chi connectivity index (χ1v) is 7.55. The zero-order valence-corrected chi connectivity index (χ0v) is 12.0. The summed E-state index contributed by atoms with van der Waals surface area (Å²) in [6, 6.07) is 4.00. The Labute approximate surface area is 117 Å². The van der Waals surface area contributed by atoms with Gasteiger partial charge in [-0.2, -0.15) is 5.26 Å². The highest BCUT2D eigenvalue weighted by Gasteiger charge is 2.13. The molecule has 0 bridgehead atoms. The van der Waals surface area contributed by atoms with E-state index in [-0.39, 0.29) is 5.91 Å². The van der Waals surface area contributed by atoms with E-state index in [0.717, 1.165) is 24.1 Å². The maximum absolute atomic E-state index is 12.0. The van der Waals surface area contributed by atoms with Crippen LogP contribution in [0.3, 0.4) is 0 Å². The molecule has 0 saturated heterocycles. The zero-order chi connectivity index (χ0) is 13.7. The number of anilines is 1. The van der Waals surface area contributed by atoms with Crippen molar-refractivity contribution < 1.29 is 4.79 Å². The predicted octanol–water partition coefficient (Wildman–Crippen LogP) is 4.01. The van der Waals surface area contributed by atoms with Crippen LogP contribution >= 0.6 is 11.3 Å². The highest BCUT2D eigenvalue weighted by atomic mass is 32.1. The van der Waals surface area contributed by atoms with Gasteiger partial charge in [0.2, 0.25) is 5.91 Å². The lowest BCUT2D eigenvalue weighted by atomic mass is 9.97. The third-order valence-electron chi connectivity index (χ3n) is 3.28. The van der Waals surface area contributed by atoms with Crippen molar-refractivity contribution in [2.24, 2.45) is 0 Å². The smallest absolute Gasteiger partial charge is 0.229 e. The number of thiophene rings is 1. The second kappa shape index (κ2) is 6.53. The number of rotatable bonds is 4. The number of nitrogens with one attached hydrogen (secondary N) is 1. The van der Waals surface area contributed by atoms with E-state index in [1.807, 2.05) is 13.0 Å². The third kappa shape index (κ3) is 3.68. The molecule has 2 rings (SSSR count). The highest BCUT2D eigenvalue weighted by Crippen LogP contribution is 2.28. The number of amides is 1. The summed E-state index contributed by atoms with van der Waals surface area (Å²) >= 11 is 1.50. The molecule has 1 aromatic heterocycles. The van der Waals surface area contributed by atoms with Crippen LogP contribution in [0.4, 0.5) is 5.00 Å². The number of allylic oxidation sites excluding steroid dienone is 1. The van der Waals surface area contributed by atoms with Crippen LogP contribution in [0, 0.1) is 11.3 Å². The van der Waals surface area contributed by atoms with Crippen LogP contribution in [0.15, 0.2) is 17.7 Å². The van der Waals surface area contributed by atoms with E-state index >= 15 is 0 Å². The molecule has 1 N–H and O–H groups in total. The Balaban J connectivity index is 2.00. The Bertz CT molecular complexity index is 537. The van der Waals surface area contributed by atoms with Gasteiger partial charge < -0.3 is 5.32 Å². The van der Waals surface area contributed by atoms with Crippen molar-refractivity contribution in [1.82, 2.24) is 0 Å². The summed E-state index contributed by atoms with van der Waals surface area (Å²) in [4.78, 5) is 13.1. The number of nitriles is 1. The molecular formula is C15H18N2OS. The summed E-state index contributed by atoms with van der Waals surface area (Å²) in [5, 5.41) is 12.6. The van der Waals surface area contributed by atoms with Crippen molar-refractivity contribution >= 4 is 22.2 Å². The maximum Gasteiger partial charge on any atom is 0.229 e. The minimum absolute atomic E-state index is 0.00541. The Kier molecular flexibility index (Phi) is 4.75. The average Bonchev–Trinajstić information content (AvgIpc) is 2.82. The first-order chi connectivity index (χ1) is 9.22. The van der Waals surface area contributed by atoms with Gasteiger partial charge in [0, 0.05) is 11.3 Å².